The number of hydrogen-bond donors (Lipinski definition) is 3. The van der Waals surface area contributed by atoms with E-state index in [0.717, 1.165) is 38.0 Å². The number of aliphatic hydroxyl groups is 1. The third-order valence-electron chi connectivity index (χ3n) is 5.38. The first-order valence-corrected chi connectivity index (χ1v) is 9.87. The Morgan fingerprint density at radius 3 is 2.77 bits per heavy atom. The van der Waals surface area contributed by atoms with Crippen molar-refractivity contribution in [1.82, 2.24) is 5.48 Å². The van der Waals surface area contributed by atoms with Crippen molar-refractivity contribution < 1.29 is 19.5 Å². The minimum Gasteiger partial charge on any atom is -0.447 e. The molecule has 1 aliphatic rings. The molecule has 2 rings (SSSR count). The van der Waals surface area contributed by atoms with E-state index in [0.29, 0.717) is 18.2 Å². The highest BCUT2D eigenvalue weighted by Crippen LogP contribution is 2.38. The number of rotatable bonds is 12. The van der Waals surface area contributed by atoms with Gasteiger partial charge in [-0.05, 0) is 37.2 Å². The van der Waals surface area contributed by atoms with Crippen LogP contribution in [0, 0.1) is 11.8 Å². The first kappa shape index (κ1) is 20.6. The van der Waals surface area contributed by atoms with Gasteiger partial charge in [-0.3, -0.25) is 10.0 Å². The third-order valence-corrected chi connectivity index (χ3v) is 5.38. The van der Waals surface area contributed by atoms with Gasteiger partial charge in [-0.15, -0.1) is 0 Å². The Hall–Kier alpha value is -1.66. The molecule has 0 spiro atoms. The van der Waals surface area contributed by atoms with Crippen LogP contribution >= 0.6 is 0 Å². The second kappa shape index (κ2) is 11.9. The lowest BCUT2D eigenvalue weighted by Crippen LogP contribution is -2.17. The molecule has 0 saturated heterocycles. The summed E-state index contributed by atoms with van der Waals surface area (Å²) in [5, 5.41) is 18.5. The van der Waals surface area contributed by atoms with Gasteiger partial charge in [0.15, 0.2) is 0 Å². The second-order valence-electron chi connectivity index (χ2n) is 7.31. The van der Waals surface area contributed by atoms with Crippen LogP contribution in [-0.2, 0) is 4.79 Å². The molecule has 6 nitrogen and oxygen atoms in total. The maximum Gasteiger partial charge on any atom is 0.243 e. The van der Waals surface area contributed by atoms with Crippen LogP contribution in [0.25, 0.3) is 0 Å². The second-order valence-corrected chi connectivity index (χ2v) is 7.31. The molecular formula is C20H32N2O4. The van der Waals surface area contributed by atoms with E-state index < -0.39 is 6.10 Å². The Morgan fingerprint density at radius 1 is 1.27 bits per heavy atom. The number of furan rings is 1. The van der Waals surface area contributed by atoms with Crippen LogP contribution in [0.1, 0.15) is 70.6 Å². The molecule has 26 heavy (non-hydrogen) atoms. The first-order valence-electron chi connectivity index (χ1n) is 9.87. The smallest absolute Gasteiger partial charge is 0.243 e. The number of aliphatic hydroxyl groups excluding tert-OH is 1. The Labute approximate surface area is 155 Å². The van der Waals surface area contributed by atoms with Crippen LogP contribution in [0.2, 0.25) is 0 Å². The molecule has 1 fully saturated rings. The summed E-state index contributed by atoms with van der Waals surface area (Å²) in [4.78, 5) is 15.1. The van der Waals surface area contributed by atoms with Gasteiger partial charge in [0, 0.05) is 18.7 Å². The van der Waals surface area contributed by atoms with Gasteiger partial charge in [0.2, 0.25) is 11.8 Å². The van der Waals surface area contributed by atoms with E-state index in [-0.39, 0.29) is 5.91 Å². The molecule has 0 aliphatic heterocycles. The van der Waals surface area contributed by atoms with Crippen molar-refractivity contribution in [3.05, 3.63) is 18.4 Å². The third kappa shape index (κ3) is 7.70. The van der Waals surface area contributed by atoms with Crippen molar-refractivity contribution in [2.45, 2.75) is 76.7 Å². The lowest BCUT2D eigenvalue weighted by atomic mass is 9.87. The minimum absolute atomic E-state index is 0.296. The number of carbonyl (C=O) groups excluding carboxylic acids is 1. The van der Waals surface area contributed by atoms with Gasteiger partial charge < -0.3 is 9.52 Å². The van der Waals surface area contributed by atoms with Crippen LogP contribution in [0.15, 0.2) is 27.8 Å². The highest BCUT2D eigenvalue weighted by molar-refractivity contribution is 5.74. The zero-order chi connectivity index (χ0) is 18.6. The fourth-order valence-electron chi connectivity index (χ4n) is 3.94. The quantitative estimate of drug-likeness (QED) is 0.222. The van der Waals surface area contributed by atoms with E-state index in [1.165, 1.54) is 32.1 Å². The SMILES string of the molecule is O=C(CCCCCC[C@H]1CCC[C@@H]1CCC(O)/C=N/c1ccco1)NO. The average molecular weight is 364 g/mol. The van der Waals surface area contributed by atoms with Crippen molar-refractivity contribution in [2.24, 2.45) is 16.8 Å². The van der Waals surface area contributed by atoms with Gasteiger partial charge in [0.25, 0.3) is 0 Å². The standard InChI is InChI=1S/C20H32N2O4/c23-18(15-21-20-11-6-14-26-20)13-12-17-9-5-8-16(17)7-3-1-2-4-10-19(24)22-25/h6,11,14-18,23,25H,1-5,7-10,12-13H2,(H,22,24)/b21-15+/t16-,17+,18?/m0/s1. The van der Waals surface area contributed by atoms with Crippen LogP contribution < -0.4 is 5.48 Å². The molecule has 1 unspecified atom stereocenters. The highest BCUT2D eigenvalue weighted by Gasteiger charge is 2.26. The Kier molecular flexibility index (Phi) is 9.42. The highest BCUT2D eigenvalue weighted by atomic mass is 16.5. The first-order chi connectivity index (χ1) is 12.7. The molecule has 0 aromatic carbocycles. The topological polar surface area (TPSA) is 95.1 Å². The molecule has 1 heterocycles. The van der Waals surface area contributed by atoms with Crippen molar-refractivity contribution >= 4 is 18.0 Å². The molecule has 1 aliphatic carbocycles. The van der Waals surface area contributed by atoms with Crippen molar-refractivity contribution in [3.63, 3.8) is 0 Å². The van der Waals surface area contributed by atoms with Gasteiger partial charge in [0.1, 0.15) is 0 Å². The molecule has 6 heteroatoms. The van der Waals surface area contributed by atoms with Crippen molar-refractivity contribution in [3.8, 4) is 0 Å². The zero-order valence-electron chi connectivity index (χ0n) is 15.5. The van der Waals surface area contributed by atoms with E-state index >= 15 is 0 Å². The molecular weight excluding hydrogens is 332 g/mol. The number of nitrogens with one attached hydrogen (secondary N) is 1. The fourth-order valence-corrected chi connectivity index (χ4v) is 3.94. The lowest BCUT2D eigenvalue weighted by molar-refractivity contribution is -0.129. The van der Waals surface area contributed by atoms with Gasteiger partial charge in [-0.25, -0.2) is 10.5 Å². The summed E-state index contributed by atoms with van der Waals surface area (Å²) in [6.45, 7) is 0. The summed E-state index contributed by atoms with van der Waals surface area (Å²) in [5.74, 6) is 1.71. The predicted octanol–water partition coefficient (Wildman–Crippen LogP) is 4.39. The van der Waals surface area contributed by atoms with Gasteiger partial charge in [-0.1, -0.05) is 44.9 Å². The van der Waals surface area contributed by atoms with Crippen LogP contribution in [-0.4, -0.2) is 28.5 Å². The van der Waals surface area contributed by atoms with Crippen molar-refractivity contribution in [2.75, 3.05) is 0 Å². The fraction of sp³-hybridized carbons (Fsp3) is 0.700. The number of amides is 1. The number of carbonyl (C=O) groups is 1. The predicted molar refractivity (Wildman–Crippen MR) is 101 cm³/mol. The van der Waals surface area contributed by atoms with Gasteiger partial charge >= 0.3 is 0 Å². The summed E-state index contributed by atoms with van der Waals surface area (Å²) in [6, 6.07) is 3.55. The summed E-state index contributed by atoms with van der Waals surface area (Å²) in [7, 11) is 0. The number of unbranched alkanes of at least 4 members (excludes halogenated alkanes) is 3. The molecule has 0 radical (unpaired) electrons. The van der Waals surface area contributed by atoms with E-state index in [1.807, 2.05) is 0 Å². The summed E-state index contributed by atoms with van der Waals surface area (Å²) in [6.07, 6.45) is 14.1. The molecule has 1 saturated carbocycles. The molecule has 1 amide bonds. The average Bonchev–Trinajstić information content (AvgIpc) is 3.32. The molecule has 1 aromatic heterocycles. The maximum atomic E-state index is 10.9. The number of aliphatic imine (C=N–C) groups is 1. The van der Waals surface area contributed by atoms with Gasteiger partial charge in [0.05, 0.1) is 12.4 Å². The van der Waals surface area contributed by atoms with E-state index in [1.54, 1.807) is 30.1 Å². The monoisotopic (exact) mass is 364 g/mol. The normalized spacial score (nSPS) is 21.3. The maximum absolute atomic E-state index is 10.9. The number of hydrogen-bond acceptors (Lipinski definition) is 5. The van der Waals surface area contributed by atoms with E-state index in [9.17, 15) is 9.90 Å². The van der Waals surface area contributed by atoms with Crippen LogP contribution in [0.5, 0.6) is 0 Å². The van der Waals surface area contributed by atoms with Crippen LogP contribution in [0.4, 0.5) is 5.88 Å². The van der Waals surface area contributed by atoms with Gasteiger partial charge in [-0.2, -0.15) is 0 Å². The summed E-state index contributed by atoms with van der Waals surface area (Å²) < 4.78 is 5.13. The van der Waals surface area contributed by atoms with E-state index in [2.05, 4.69) is 4.99 Å². The lowest BCUT2D eigenvalue weighted by Gasteiger charge is -2.20. The Balaban J connectivity index is 1.58. The minimum atomic E-state index is -0.515. The summed E-state index contributed by atoms with van der Waals surface area (Å²) in [5.41, 5.74) is 1.67. The zero-order valence-corrected chi connectivity index (χ0v) is 15.5. The largest absolute Gasteiger partial charge is 0.447 e. The van der Waals surface area contributed by atoms with Crippen molar-refractivity contribution in [1.29, 1.82) is 0 Å². The molecule has 3 atom stereocenters. The van der Waals surface area contributed by atoms with Crippen LogP contribution in [0.3, 0.4) is 0 Å². The Bertz CT molecular complexity index is 530. The molecule has 0 bridgehead atoms. The number of nitrogens with zero attached hydrogens (tertiary/aromatic N) is 1. The van der Waals surface area contributed by atoms with E-state index in [4.69, 9.17) is 9.62 Å². The number of hydroxylamine groups is 1. The Morgan fingerprint density at radius 2 is 2.04 bits per heavy atom. The molecule has 3 N–H and O–H groups in total. The summed E-state index contributed by atoms with van der Waals surface area (Å²) >= 11 is 0. The molecule has 1 aromatic rings. The molecule has 146 valence electrons.